The minimum Gasteiger partial charge on any atom is -0.325 e. The van der Waals surface area contributed by atoms with Gasteiger partial charge in [0.15, 0.2) is 0 Å². The molecule has 3 aromatic rings. The number of amides is 1. The first-order valence-corrected chi connectivity index (χ1v) is 10.3. The van der Waals surface area contributed by atoms with Crippen molar-refractivity contribution >= 4 is 45.6 Å². The maximum absolute atomic E-state index is 13.0. The van der Waals surface area contributed by atoms with E-state index in [2.05, 4.69) is 22.3 Å². The molecule has 0 bridgehead atoms. The van der Waals surface area contributed by atoms with Gasteiger partial charge in [0.2, 0.25) is 5.91 Å². The molecule has 1 aliphatic heterocycles. The molecule has 1 unspecified atom stereocenters. The van der Waals surface area contributed by atoms with E-state index in [1.54, 1.807) is 0 Å². The van der Waals surface area contributed by atoms with Gasteiger partial charge in [-0.25, -0.2) is 0 Å². The smallest absolute Gasteiger partial charge is 0.228 e. The number of nitrogens with zero attached hydrogens (tertiary/aromatic N) is 1. The summed E-state index contributed by atoms with van der Waals surface area (Å²) < 4.78 is 0. The molecule has 0 spiro atoms. The topological polar surface area (TPSA) is 32.3 Å². The number of halogens is 2. The molecule has 1 N–H and O–H groups in total. The van der Waals surface area contributed by atoms with E-state index in [-0.39, 0.29) is 11.8 Å². The second-order valence-corrected chi connectivity index (χ2v) is 8.10. The Kier molecular flexibility index (Phi) is 5.86. The van der Waals surface area contributed by atoms with Gasteiger partial charge in [0.25, 0.3) is 0 Å². The van der Waals surface area contributed by atoms with Gasteiger partial charge in [-0.1, -0.05) is 65.7 Å². The number of carbonyl (C=O) groups excluding carboxylic acids is 1. The third-order valence-electron chi connectivity index (χ3n) is 5.37. The zero-order valence-electron chi connectivity index (χ0n) is 15.5. The summed E-state index contributed by atoms with van der Waals surface area (Å²) in [6.45, 7) is 2.31. The van der Waals surface area contributed by atoms with Crippen LogP contribution in [-0.4, -0.2) is 23.9 Å². The van der Waals surface area contributed by atoms with Crippen LogP contribution >= 0.6 is 23.2 Å². The summed E-state index contributed by atoms with van der Waals surface area (Å²) in [5.41, 5.74) is 1.80. The molecule has 1 amide bonds. The van der Waals surface area contributed by atoms with Crippen molar-refractivity contribution in [1.82, 2.24) is 4.90 Å². The van der Waals surface area contributed by atoms with Crippen LogP contribution in [0.2, 0.25) is 10.0 Å². The highest BCUT2D eigenvalue weighted by Gasteiger charge is 2.27. The molecular weight excluding hydrogens is 391 g/mol. The number of benzene rings is 3. The first-order valence-electron chi connectivity index (χ1n) is 9.55. The molecule has 0 radical (unpaired) electrons. The van der Waals surface area contributed by atoms with Crippen molar-refractivity contribution < 1.29 is 4.79 Å². The summed E-state index contributed by atoms with van der Waals surface area (Å²) in [6.07, 6.45) is 1.87. The molecule has 0 aliphatic carbocycles. The van der Waals surface area contributed by atoms with E-state index in [9.17, 15) is 4.79 Å². The van der Waals surface area contributed by atoms with E-state index in [1.807, 2.05) is 48.5 Å². The summed E-state index contributed by atoms with van der Waals surface area (Å²) in [6, 6.07) is 19.7. The van der Waals surface area contributed by atoms with E-state index in [0.29, 0.717) is 23.1 Å². The van der Waals surface area contributed by atoms with Crippen LogP contribution in [0.15, 0.2) is 60.7 Å². The Hall–Kier alpha value is -2.07. The largest absolute Gasteiger partial charge is 0.325 e. The predicted octanol–water partition coefficient (Wildman–Crippen LogP) is 6.00. The number of carbonyl (C=O) groups is 1. The molecule has 3 aromatic carbocycles. The summed E-state index contributed by atoms with van der Waals surface area (Å²) >= 11 is 12.6. The molecule has 144 valence electrons. The third kappa shape index (κ3) is 4.17. The SMILES string of the molecule is O=C(Nc1cccc2ccccc12)C1CCCN(Cc2c(Cl)cccc2Cl)C1. The van der Waals surface area contributed by atoms with E-state index in [1.165, 1.54) is 0 Å². The van der Waals surface area contributed by atoms with Crippen molar-refractivity contribution in [3.8, 4) is 0 Å². The zero-order chi connectivity index (χ0) is 19.5. The van der Waals surface area contributed by atoms with Gasteiger partial charge in [-0.3, -0.25) is 9.69 Å². The third-order valence-corrected chi connectivity index (χ3v) is 6.08. The lowest BCUT2D eigenvalue weighted by Gasteiger charge is -2.32. The second kappa shape index (κ2) is 8.52. The fourth-order valence-corrected chi connectivity index (χ4v) is 4.41. The van der Waals surface area contributed by atoms with Gasteiger partial charge >= 0.3 is 0 Å². The Balaban J connectivity index is 1.46. The van der Waals surface area contributed by atoms with E-state index in [0.717, 1.165) is 41.4 Å². The average molecular weight is 413 g/mol. The number of rotatable bonds is 4. The van der Waals surface area contributed by atoms with Crippen LogP contribution in [0.4, 0.5) is 5.69 Å². The summed E-state index contributed by atoms with van der Waals surface area (Å²) in [5, 5.41) is 6.68. The normalized spacial score (nSPS) is 17.6. The number of anilines is 1. The minimum atomic E-state index is -0.0472. The van der Waals surface area contributed by atoms with Crippen molar-refractivity contribution in [3.05, 3.63) is 76.3 Å². The molecule has 0 saturated carbocycles. The van der Waals surface area contributed by atoms with Gasteiger partial charge in [-0.15, -0.1) is 0 Å². The average Bonchev–Trinajstić information content (AvgIpc) is 2.71. The summed E-state index contributed by atoms with van der Waals surface area (Å²) in [7, 11) is 0. The van der Waals surface area contributed by atoms with E-state index in [4.69, 9.17) is 23.2 Å². The number of likely N-dealkylation sites (tertiary alicyclic amines) is 1. The molecule has 1 fully saturated rings. The van der Waals surface area contributed by atoms with Crippen LogP contribution in [0.25, 0.3) is 10.8 Å². The monoisotopic (exact) mass is 412 g/mol. The number of nitrogens with one attached hydrogen (secondary N) is 1. The van der Waals surface area contributed by atoms with Crippen molar-refractivity contribution in [1.29, 1.82) is 0 Å². The standard InChI is InChI=1S/C23H22Cl2N2O/c24-20-10-4-11-21(25)19(20)15-27-13-5-8-17(14-27)23(28)26-22-12-3-7-16-6-1-2-9-18(16)22/h1-4,6-7,9-12,17H,5,8,13-15H2,(H,26,28). The first-order chi connectivity index (χ1) is 13.6. The molecule has 1 aliphatic rings. The van der Waals surface area contributed by atoms with Crippen molar-refractivity contribution in [2.24, 2.45) is 5.92 Å². The Morgan fingerprint density at radius 1 is 1.00 bits per heavy atom. The molecule has 1 atom stereocenters. The fraction of sp³-hybridized carbons (Fsp3) is 0.261. The predicted molar refractivity (Wildman–Crippen MR) is 117 cm³/mol. The number of piperidine rings is 1. The molecule has 5 heteroatoms. The van der Waals surface area contributed by atoms with Gasteiger partial charge < -0.3 is 5.32 Å². The Labute approximate surface area is 175 Å². The lowest BCUT2D eigenvalue weighted by molar-refractivity contribution is -0.121. The van der Waals surface area contributed by atoms with Crippen LogP contribution in [0, 0.1) is 5.92 Å². The van der Waals surface area contributed by atoms with Crippen molar-refractivity contribution in [2.45, 2.75) is 19.4 Å². The van der Waals surface area contributed by atoms with Gasteiger partial charge in [-0.05, 0) is 43.0 Å². The van der Waals surface area contributed by atoms with Crippen LogP contribution in [0.5, 0.6) is 0 Å². The van der Waals surface area contributed by atoms with Crippen LogP contribution in [-0.2, 0) is 11.3 Å². The zero-order valence-corrected chi connectivity index (χ0v) is 17.0. The lowest BCUT2D eigenvalue weighted by Crippen LogP contribution is -2.40. The number of hydrogen-bond acceptors (Lipinski definition) is 2. The highest BCUT2D eigenvalue weighted by molar-refractivity contribution is 6.35. The molecule has 1 saturated heterocycles. The maximum Gasteiger partial charge on any atom is 0.228 e. The van der Waals surface area contributed by atoms with Crippen LogP contribution < -0.4 is 5.32 Å². The molecule has 0 aromatic heterocycles. The highest BCUT2D eigenvalue weighted by Crippen LogP contribution is 2.29. The lowest BCUT2D eigenvalue weighted by atomic mass is 9.96. The first kappa shape index (κ1) is 19.3. The molecule has 4 rings (SSSR count). The van der Waals surface area contributed by atoms with Crippen molar-refractivity contribution in [2.75, 3.05) is 18.4 Å². The number of fused-ring (bicyclic) bond motifs is 1. The highest BCUT2D eigenvalue weighted by atomic mass is 35.5. The maximum atomic E-state index is 13.0. The van der Waals surface area contributed by atoms with Crippen LogP contribution in [0.3, 0.4) is 0 Å². The van der Waals surface area contributed by atoms with Crippen LogP contribution in [0.1, 0.15) is 18.4 Å². The van der Waals surface area contributed by atoms with Crippen molar-refractivity contribution in [3.63, 3.8) is 0 Å². The molecule has 28 heavy (non-hydrogen) atoms. The second-order valence-electron chi connectivity index (χ2n) is 7.29. The Morgan fingerprint density at radius 3 is 2.54 bits per heavy atom. The summed E-state index contributed by atoms with van der Waals surface area (Å²) in [4.78, 5) is 15.2. The van der Waals surface area contributed by atoms with Gasteiger partial charge in [-0.2, -0.15) is 0 Å². The Morgan fingerprint density at radius 2 is 1.71 bits per heavy atom. The van der Waals surface area contributed by atoms with Gasteiger partial charge in [0, 0.05) is 39.8 Å². The molecule has 3 nitrogen and oxygen atoms in total. The van der Waals surface area contributed by atoms with Gasteiger partial charge in [0.05, 0.1) is 5.92 Å². The van der Waals surface area contributed by atoms with E-state index >= 15 is 0 Å². The summed E-state index contributed by atoms with van der Waals surface area (Å²) in [5.74, 6) is 0.0280. The van der Waals surface area contributed by atoms with E-state index < -0.39 is 0 Å². The minimum absolute atomic E-state index is 0.0472. The fourth-order valence-electron chi connectivity index (χ4n) is 3.89. The quantitative estimate of drug-likeness (QED) is 0.569. The molecule has 1 heterocycles. The Bertz CT molecular complexity index is 979. The van der Waals surface area contributed by atoms with Gasteiger partial charge in [0.1, 0.15) is 0 Å². The molecular formula is C23H22Cl2N2O. The number of hydrogen-bond donors (Lipinski definition) is 1.